The van der Waals surface area contributed by atoms with Gasteiger partial charge >= 0.3 is 0 Å². The molecule has 0 spiro atoms. The number of halogens is 1. The highest BCUT2D eigenvalue weighted by molar-refractivity contribution is 7.22. The number of nitrogens with zero attached hydrogens (tertiary/aromatic N) is 2. The largest absolute Gasteiger partial charge is 0.298 e. The Labute approximate surface area is 151 Å². The molecule has 8 heteroatoms. The zero-order valence-corrected chi connectivity index (χ0v) is 14.2. The number of hydrogen-bond acceptors (Lipinski definition) is 5. The summed E-state index contributed by atoms with van der Waals surface area (Å²) in [4.78, 5) is 41.4. The standard InChI is InChI=1S/C18H12FN3O3S/c19-12-5-2-6-13-16(12)20-18(26-13)21-17(25)10-3-1-4-11(9-10)22-14(23)7-8-15(22)24/h1-6,9H,7-8H2,(H,20,21,25). The summed E-state index contributed by atoms with van der Waals surface area (Å²) >= 11 is 1.16. The molecule has 2 heterocycles. The third kappa shape index (κ3) is 2.84. The smallest absolute Gasteiger partial charge is 0.257 e. The van der Waals surface area contributed by atoms with Crippen LogP contribution in [0, 0.1) is 5.82 Å². The lowest BCUT2D eigenvalue weighted by atomic mass is 10.2. The van der Waals surface area contributed by atoms with E-state index in [1.165, 1.54) is 12.1 Å². The van der Waals surface area contributed by atoms with Crippen LogP contribution >= 0.6 is 11.3 Å². The van der Waals surface area contributed by atoms with Gasteiger partial charge < -0.3 is 0 Å². The number of para-hydroxylation sites is 1. The van der Waals surface area contributed by atoms with Crippen LogP contribution in [0.4, 0.5) is 15.2 Å². The van der Waals surface area contributed by atoms with E-state index in [4.69, 9.17) is 0 Å². The lowest BCUT2D eigenvalue weighted by Crippen LogP contribution is -2.28. The summed E-state index contributed by atoms with van der Waals surface area (Å²) in [6.45, 7) is 0. The lowest BCUT2D eigenvalue weighted by molar-refractivity contribution is -0.121. The molecule has 1 aliphatic rings. The highest BCUT2D eigenvalue weighted by Gasteiger charge is 2.30. The van der Waals surface area contributed by atoms with Gasteiger partial charge in [0, 0.05) is 18.4 Å². The number of aromatic nitrogens is 1. The van der Waals surface area contributed by atoms with Gasteiger partial charge in [0.15, 0.2) is 5.13 Å². The summed E-state index contributed by atoms with van der Waals surface area (Å²) < 4.78 is 14.3. The number of benzene rings is 2. The molecule has 3 aromatic rings. The first kappa shape index (κ1) is 16.3. The number of anilines is 2. The molecule has 1 aromatic heterocycles. The minimum atomic E-state index is -0.453. The van der Waals surface area contributed by atoms with Crippen LogP contribution in [-0.2, 0) is 9.59 Å². The molecule has 3 amide bonds. The van der Waals surface area contributed by atoms with Gasteiger partial charge in [-0.2, -0.15) is 0 Å². The van der Waals surface area contributed by atoms with Crippen LogP contribution in [0.15, 0.2) is 42.5 Å². The maximum Gasteiger partial charge on any atom is 0.257 e. The number of nitrogens with one attached hydrogen (secondary N) is 1. The van der Waals surface area contributed by atoms with E-state index in [1.54, 1.807) is 30.3 Å². The molecular formula is C18H12FN3O3S. The molecular weight excluding hydrogens is 357 g/mol. The van der Waals surface area contributed by atoms with Crippen molar-refractivity contribution in [3.8, 4) is 0 Å². The van der Waals surface area contributed by atoms with Gasteiger partial charge in [0.2, 0.25) is 11.8 Å². The Bertz CT molecular complexity index is 1050. The first-order chi connectivity index (χ1) is 12.5. The zero-order chi connectivity index (χ0) is 18.3. The second kappa shape index (κ2) is 6.30. The molecule has 1 aliphatic heterocycles. The summed E-state index contributed by atoms with van der Waals surface area (Å²) in [5.74, 6) is -1.47. The molecule has 1 saturated heterocycles. The Hall–Kier alpha value is -3.13. The minimum absolute atomic E-state index is 0.173. The van der Waals surface area contributed by atoms with Crippen molar-refractivity contribution in [1.82, 2.24) is 4.98 Å². The third-order valence-corrected chi connectivity index (χ3v) is 4.94. The van der Waals surface area contributed by atoms with Gasteiger partial charge in [-0.25, -0.2) is 9.37 Å². The number of hydrogen-bond donors (Lipinski definition) is 1. The average molecular weight is 369 g/mol. The van der Waals surface area contributed by atoms with E-state index in [2.05, 4.69) is 10.3 Å². The average Bonchev–Trinajstić information content (AvgIpc) is 3.18. The highest BCUT2D eigenvalue weighted by atomic mass is 32.1. The third-order valence-electron chi connectivity index (χ3n) is 4.01. The summed E-state index contributed by atoms with van der Waals surface area (Å²) in [6.07, 6.45) is 0.346. The van der Waals surface area contributed by atoms with Crippen molar-refractivity contribution in [1.29, 1.82) is 0 Å². The summed E-state index contributed by atoms with van der Waals surface area (Å²) in [5, 5.41) is 2.90. The van der Waals surface area contributed by atoms with E-state index in [-0.39, 0.29) is 40.9 Å². The summed E-state index contributed by atoms with van der Waals surface area (Å²) in [6, 6.07) is 10.8. The molecule has 26 heavy (non-hydrogen) atoms. The van der Waals surface area contributed by atoms with Crippen LogP contribution in [0.3, 0.4) is 0 Å². The van der Waals surface area contributed by atoms with Crippen LogP contribution in [0.2, 0.25) is 0 Å². The van der Waals surface area contributed by atoms with Crippen LogP contribution in [0.25, 0.3) is 10.2 Å². The molecule has 0 radical (unpaired) electrons. The SMILES string of the molecule is O=C(Nc1nc2c(F)cccc2s1)c1cccc(N2C(=O)CCC2=O)c1. The summed E-state index contributed by atoms with van der Waals surface area (Å²) in [7, 11) is 0. The van der Waals surface area contributed by atoms with Crippen molar-refractivity contribution in [3.63, 3.8) is 0 Å². The zero-order valence-electron chi connectivity index (χ0n) is 13.4. The van der Waals surface area contributed by atoms with Crippen molar-refractivity contribution in [2.75, 3.05) is 10.2 Å². The Morgan fingerprint density at radius 2 is 1.85 bits per heavy atom. The Morgan fingerprint density at radius 3 is 2.58 bits per heavy atom. The second-order valence-corrected chi connectivity index (χ2v) is 6.76. The maximum absolute atomic E-state index is 13.7. The molecule has 1 N–H and O–H groups in total. The van der Waals surface area contributed by atoms with Gasteiger partial charge in [0.25, 0.3) is 5.91 Å². The second-order valence-electron chi connectivity index (χ2n) is 5.73. The number of rotatable bonds is 3. The number of carbonyl (C=O) groups excluding carboxylic acids is 3. The van der Waals surface area contributed by atoms with Gasteiger partial charge in [0.1, 0.15) is 11.3 Å². The van der Waals surface area contributed by atoms with E-state index in [0.29, 0.717) is 10.4 Å². The molecule has 0 unspecified atom stereocenters. The van der Waals surface area contributed by atoms with Gasteiger partial charge in [0.05, 0.1) is 10.4 Å². The number of carbonyl (C=O) groups is 3. The molecule has 1 fully saturated rings. The number of thiazole rings is 1. The normalized spacial score (nSPS) is 14.3. The first-order valence-electron chi connectivity index (χ1n) is 7.85. The van der Waals surface area contributed by atoms with Crippen molar-refractivity contribution < 1.29 is 18.8 Å². The Morgan fingerprint density at radius 1 is 1.12 bits per heavy atom. The van der Waals surface area contributed by atoms with E-state index in [9.17, 15) is 18.8 Å². The first-order valence-corrected chi connectivity index (χ1v) is 8.67. The lowest BCUT2D eigenvalue weighted by Gasteiger charge is -2.14. The van der Waals surface area contributed by atoms with Gasteiger partial charge in [-0.1, -0.05) is 23.5 Å². The monoisotopic (exact) mass is 369 g/mol. The molecule has 4 rings (SSSR count). The van der Waals surface area contributed by atoms with Gasteiger partial charge in [-0.3, -0.25) is 24.6 Å². The van der Waals surface area contributed by atoms with Gasteiger partial charge in [-0.05, 0) is 30.3 Å². The number of imide groups is 1. The van der Waals surface area contributed by atoms with Crippen LogP contribution in [0.1, 0.15) is 23.2 Å². The highest BCUT2D eigenvalue weighted by Crippen LogP contribution is 2.28. The van der Waals surface area contributed by atoms with Crippen molar-refractivity contribution in [2.45, 2.75) is 12.8 Å². The van der Waals surface area contributed by atoms with E-state index in [1.807, 2.05) is 0 Å². The van der Waals surface area contributed by atoms with Gasteiger partial charge in [-0.15, -0.1) is 0 Å². The van der Waals surface area contributed by atoms with Crippen molar-refractivity contribution in [3.05, 3.63) is 53.8 Å². The Kier molecular flexibility index (Phi) is 3.96. The maximum atomic E-state index is 13.7. The molecule has 0 saturated carbocycles. The topological polar surface area (TPSA) is 79.4 Å². The molecule has 0 atom stereocenters. The number of amides is 3. The minimum Gasteiger partial charge on any atom is -0.298 e. The van der Waals surface area contributed by atoms with Crippen molar-refractivity contribution >= 4 is 50.1 Å². The van der Waals surface area contributed by atoms with E-state index >= 15 is 0 Å². The fourth-order valence-electron chi connectivity index (χ4n) is 2.79. The van der Waals surface area contributed by atoms with Crippen LogP contribution < -0.4 is 10.2 Å². The van der Waals surface area contributed by atoms with Crippen LogP contribution in [-0.4, -0.2) is 22.7 Å². The molecule has 0 aliphatic carbocycles. The van der Waals surface area contributed by atoms with Crippen LogP contribution in [0.5, 0.6) is 0 Å². The number of fused-ring (bicyclic) bond motifs is 1. The summed E-state index contributed by atoms with van der Waals surface area (Å²) in [5.41, 5.74) is 0.838. The van der Waals surface area contributed by atoms with E-state index in [0.717, 1.165) is 16.2 Å². The molecule has 6 nitrogen and oxygen atoms in total. The quantitative estimate of drug-likeness (QED) is 0.718. The fraction of sp³-hybridized carbons (Fsp3) is 0.111. The Balaban J connectivity index is 1.60. The molecule has 2 aromatic carbocycles. The van der Waals surface area contributed by atoms with E-state index < -0.39 is 11.7 Å². The molecule has 130 valence electrons. The van der Waals surface area contributed by atoms with Crippen molar-refractivity contribution in [2.24, 2.45) is 0 Å². The molecule has 0 bridgehead atoms. The predicted molar refractivity (Wildman–Crippen MR) is 95.7 cm³/mol. The predicted octanol–water partition coefficient (Wildman–Crippen LogP) is 3.34. The fourth-order valence-corrected chi connectivity index (χ4v) is 3.66.